The average molecular weight is 422 g/mol. The molecule has 2 amide bonds. The Balaban J connectivity index is 1.80. The molecule has 0 aliphatic heterocycles. The van der Waals surface area contributed by atoms with Crippen molar-refractivity contribution in [1.82, 2.24) is 4.90 Å². The first-order valence-electron chi connectivity index (χ1n) is 10.8. The van der Waals surface area contributed by atoms with E-state index in [0.717, 1.165) is 31.5 Å². The van der Waals surface area contributed by atoms with Gasteiger partial charge in [-0.05, 0) is 49.1 Å². The molecule has 0 saturated carbocycles. The zero-order valence-corrected chi connectivity index (χ0v) is 18.4. The summed E-state index contributed by atoms with van der Waals surface area (Å²) in [6.45, 7) is 6.00. The third kappa shape index (κ3) is 8.51. The highest BCUT2D eigenvalue weighted by atomic mass is 16.5. The molecule has 2 aromatic carbocycles. The van der Waals surface area contributed by atoms with E-state index in [2.05, 4.69) is 25.2 Å². The maximum Gasteiger partial charge on any atom is 0.224 e. The fraction of sp³-hybridized carbons (Fsp3) is 0.400. The second-order valence-electron chi connectivity index (χ2n) is 7.41. The predicted octanol–water partition coefficient (Wildman–Crippen LogP) is 4.89. The molecule has 6 nitrogen and oxygen atoms in total. The molecule has 0 heterocycles. The number of hydrogen-bond acceptors (Lipinski definition) is 4. The van der Waals surface area contributed by atoms with Crippen LogP contribution in [0.1, 0.15) is 57.1 Å². The number of nitriles is 1. The summed E-state index contributed by atoms with van der Waals surface area (Å²) in [6, 6.07) is 16.6. The molecular formula is C25H31N3O3. The van der Waals surface area contributed by atoms with Gasteiger partial charge in [0, 0.05) is 37.7 Å². The van der Waals surface area contributed by atoms with Crippen LogP contribution in [-0.2, 0) is 16.2 Å². The van der Waals surface area contributed by atoms with Gasteiger partial charge in [-0.25, -0.2) is 0 Å². The molecule has 6 heteroatoms. The lowest BCUT2D eigenvalue weighted by molar-refractivity contribution is -0.131. The third-order valence-corrected chi connectivity index (χ3v) is 4.71. The summed E-state index contributed by atoms with van der Waals surface area (Å²) < 4.78 is 5.79. The molecule has 0 atom stereocenters. The van der Waals surface area contributed by atoms with Gasteiger partial charge in [-0.1, -0.05) is 32.0 Å². The zero-order chi connectivity index (χ0) is 22.5. The van der Waals surface area contributed by atoms with Gasteiger partial charge in [0.1, 0.15) is 12.4 Å². The summed E-state index contributed by atoms with van der Waals surface area (Å²) in [5.74, 6) is 0.627. The highest BCUT2D eigenvalue weighted by molar-refractivity contribution is 5.91. The molecule has 0 aliphatic carbocycles. The molecule has 2 rings (SSSR count). The second kappa shape index (κ2) is 13.1. The molecule has 0 bridgehead atoms. The lowest BCUT2D eigenvalue weighted by Gasteiger charge is -2.21. The standard InChI is InChI=1S/C25H31N3O3/c1-3-14-28(15-4-2)25(30)13-7-12-24(29)27-22-10-6-11-23(17-22)31-19-21-9-5-8-20(16-21)18-26/h5-6,8-11,16-17H,3-4,7,12-15,19H2,1-2H3,(H,27,29). The van der Waals surface area contributed by atoms with Crippen LogP contribution in [0.4, 0.5) is 5.69 Å². The number of nitrogens with zero attached hydrogens (tertiary/aromatic N) is 2. The van der Waals surface area contributed by atoms with E-state index in [-0.39, 0.29) is 11.8 Å². The van der Waals surface area contributed by atoms with E-state index in [0.29, 0.717) is 42.9 Å². The topological polar surface area (TPSA) is 82.4 Å². The Morgan fingerprint density at radius 2 is 1.77 bits per heavy atom. The smallest absolute Gasteiger partial charge is 0.224 e. The van der Waals surface area contributed by atoms with Crippen LogP contribution in [0.15, 0.2) is 48.5 Å². The molecule has 0 aromatic heterocycles. The van der Waals surface area contributed by atoms with Crippen molar-refractivity contribution >= 4 is 17.5 Å². The maximum atomic E-state index is 12.3. The van der Waals surface area contributed by atoms with Gasteiger partial charge in [0.05, 0.1) is 11.6 Å². The van der Waals surface area contributed by atoms with Crippen LogP contribution in [0.2, 0.25) is 0 Å². The highest BCUT2D eigenvalue weighted by Crippen LogP contribution is 2.19. The minimum Gasteiger partial charge on any atom is -0.489 e. The third-order valence-electron chi connectivity index (χ3n) is 4.71. The van der Waals surface area contributed by atoms with E-state index < -0.39 is 0 Å². The van der Waals surface area contributed by atoms with Crippen LogP contribution >= 0.6 is 0 Å². The summed E-state index contributed by atoms with van der Waals surface area (Å²) in [4.78, 5) is 26.4. The molecular weight excluding hydrogens is 390 g/mol. The van der Waals surface area contributed by atoms with E-state index in [1.807, 2.05) is 29.2 Å². The fourth-order valence-electron chi connectivity index (χ4n) is 3.24. The molecule has 0 radical (unpaired) electrons. The normalized spacial score (nSPS) is 10.2. The monoisotopic (exact) mass is 421 g/mol. The first-order valence-corrected chi connectivity index (χ1v) is 10.8. The first-order chi connectivity index (χ1) is 15.0. The van der Waals surface area contributed by atoms with Crippen LogP contribution in [0.25, 0.3) is 0 Å². The van der Waals surface area contributed by atoms with E-state index in [1.54, 1.807) is 24.3 Å². The lowest BCUT2D eigenvalue weighted by Crippen LogP contribution is -2.32. The molecule has 0 aliphatic rings. The molecule has 164 valence electrons. The Labute approximate surface area is 184 Å². The van der Waals surface area contributed by atoms with Crippen LogP contribution in [0.3, 0.4) is 0 Å². The van der Waals surface area contributed by atoms with Gasteiger partial charge in [0.25, 0.3) is 0 Å². The van der Waals surface area contributed by atoms with Crippen molar-refractivity contribution in [2.75, 3.05) is 18.4 Å². The number of amides is 2. The second-order valence-corrected chi connectivity index (χ2v) is 7.41. The number of carbonyl (C=O) groups excluding carboxylic acids is 2. The number of carbonyl (C=O) groups is 2. The number of nitrogens with one attached hydrogen (secondary N) is 1. The fourth-order valence-corrected chi connectivity index (χ4v) is 3.24. The number of hydrogen-bond donors (Lipinski definition) is 1. The average Bonchev–Trinajstić information content (AvgIpc) is 2.78. The quantitative estimate of drug-likeness (QED) is 0.529. The van der Waals surface area contributed by atoms with Crippen LogP contribution in [-0.4, -0.2) is 29.8 Å². The van der Waals surface area contributed by atoms with Gasteiger partial charge in [0.2, 0.25) is 11.8 Å². The van der Waals surface area contributed by atoms with Crippen molar-refractivity contribution in [3.8, 4) is 11.8 Å². The summed E-state index contributed by atoms with van der Waals surface area (Å²) >= 11 is 0. The summed E-state index contributed by atoms with van der Waals surface area (Å²) in [6.07, 6.45) is 3.09. The van der Waals surface area contributed by atoms with Crippen molar-refractivity contribution in [3.63, 3.8) is 0 Å². The minimum absolute atomic E-state index is 0.118. The van der Waals surface area contributed by atoms with E-state index >= 15 is 0 Å². The van der Waals surface area contributed by atoms with Crippen LogP contribution < -0.4 is 10.1 Å². The summed E-state index contributed by atoms with van der Waals surface area (Å²) in [5.41, 5.74) is 2.14. The minimum atomic E-state index is -0.121. The number of benzene rings is 2. The Hall–Kier alpha value is -3.33. The summed E-state index contributed by atoms with van der Waals surface area (Å²) in [5, 5.41) is 11.8. The van der Waals surface area contributed by atoms with Crippen molar-refractivity contribution in [3.05, 3.63) is 59.7 Å². The SMILES string of the molecule is CCCN(CCC)C(=O)CCCC(=O)Nc1cccc(OCc2cccc(C#N)c2)c1. The number of anilines is 1. The number of rotatable bonds is 12. The van der Waals surface area contributed by atoms with Gasteiger partial charge in [-0.3, -0.25) is 9.59 Å². The highest BCUT2D eigenvalue weighted by Gasteiger charge is 2.12. The predicted molar refractivity (Wildman–Crippen MR) is 122 cm³/mol. The van der Waals surface area contributed by atoms with Gasteiger partial charge in [-0.2, -0.15) is 5.26 Å². The molecule has 0 saturated heterocycles. The van der Waals surface area contributed by atoms with E-state index in [4.69, 9.17) is 10.00 Å². The molecule has 0 spiro atoms. The van der Waals surface area contributed by atoms with Crippen LogP contribution in [0.5, 0.6) is 5.75 Å². The maximum absolute atomic E-state index is 12.3. The molecule has 2 aromatic rings. The van der Waals surface area contributed by atoms with Crippen molar-refractivity contribution in [1.29, 1.82) is 5.26 Å². The van der Waals surface area contributed by atoms with E-state index in [1.165, 1.54) is 0 Å². The van der Waals surface area contributed by atoms with Gasteiger partial charge < -0.3 is 15.0 Å². The largest absolute Gasteiger partial charge is 0.489 e. The molecule has 0 unspecified atom stereocenters. The van der Waals surface area contributed by atoms with E-state index in [9.17, 15) is 9.59 Å². The van der Waals surface area contributed by atoms with Gasteiger partial charge >= 0.3 is 0 Å². The lowest BCUT2D eigenvalue weighted by atomic mass is 10.1. The Morgan fingerprint density at radius 1 is 1.03 bits per heavy atom. The van der Waals surface area contributed by atoms with Crippen molar-refractivity contribution < 1.29 is 14.3 Å². The van der Waals surface area contributed by atoms with Crippen LogP contribution in [0, 0.1) is 11.3 Å². The Kier molecular flexibility index (Phi) is 10.1. The Bertz CT molecular complexity index is 899. The van der Waals surface area contributed by atoms with Gasteiger partial charge in [0.15, 0.2) is 0 Å². The Morgan fingerprint density at radius 3 is 2.48 bits per heavy atom. The zero-order valence-electron chi connectivity index (χ0n) is 18.4. The molecule has 1 N–H and O–H groups in total. The first kappa shape index (κ1) is 23.9. The molecule has 31 heavy (non-hydrogen) atoms. The summed E-state index contributed by atoms with van der Waals surface area (Å²) in [7, 11) is 0. The molecule has 0 fully saturated rings. The van der Waals surface area contributed by atoms with Crippen molar-refractivity contribution in [2.45, 2.75) is 52.6 Å². The number of ether oxygens (including phenoxy) is 1. The van der Waals surface area contributed by atoms with Gasteiger partial charge in [-0.15, -0.1) is 0 Å². The van der Waals surface area contributed by atoms with Crippen molar-refractivity contribution in [2.24, 2.45) is 0 Å².